The molecule has 0 fully saturated rings. The maximum absolute atomic E-state index is 12.0. The number of carbonyl (C=O) groups excluding carboxylic acids is 2. The number of aliphatic hydroxyl groups excluding tert-OH is 1. The van der Waals surface area contributed by atoms with E-state index in [1.165, 1.54) is 0 Å². The molecule has 7 N–H and O–H groups in total. The molecule has 7 nitrogen and oxygen atoms in total. The van der Waals surface area contributed by atoms with Crippen molar-refractivity contribution in [3.63, 3.8) is 0 Å². The molecule has 0 aromatic heterocycles. The van der Waals surface area contributed by atoms with Gasteiger partial charge in [0.05, 0.1) is 17.2 Å². The fraction of sp³-hybridized carbons (Fsp3) is 0.176. The number of nitrogens with one attached hydrogen (secondary N) is 2. The molecule has 2 aromatic carbocycles. The lowest BCUT2D eigenvalue weighted by molar-refractivity contribution is 0.0886. The van der Waals surface area contributed by atoms with E-state index in [1.54, 1.807) is 48.5 Å². The number of para-hydroxylation sites is 2. The van der Waals surface area contributed by atoms with E-state index in [1.807, 2.05) is 0 Å². The molecule has 0 aliphatic carbocycles. The molecule has 0 unspecified atom stereocenters. The van der Waals surface area contributed by atoms with Crippen LogP contribution in [0.2, 0.25) is 0 Å². The lowest BCUT2D eigenvalue weighted by Crippen LogP contribution is -2.40. The van der Waals surface area contributed by atoms with Crippen LogP contribution in [0.5, 0.6) is 0 Å². The fourth-order valence-electron chi connectivity index (χ4n) is 2.09. The predicted molar refractivity (Wildman–Crippen MR) is 92.4 cm³/mol. The number of benzene rings is 2. The number of rotatable bonds is 6. The summed E-state index contributed by atoms with van der Waals surface area (Å²) in [4.78, 5) is 23.9. The molecule has 2 rings (SSSR count). The number of nitrogens with two attached hydrogens (primary N) is 2. The summed E-state index contributed by atoms with van der Waals surface area (Å²) >= 11 is 0. The van der Waals surface area contributed by atoms with Crippen molar-refractivity contribution in [2.75, 3.05) is 24.6 Å². The van der Waals surface area contributed by atoms with E-state index < -0.39 is 6.10 Å². The average molecular weight is 328 g/mol. The molecule has 0 radical (unpaired) electrons. The van der Waals surface area contributed by atoms with Gasteiger partial charge in [-0.25, -0.2) is 0 Å². The van der Waals surface area contributed by atoms with Crippen LogP contribution in [0.15, 0.2) is 48.5 Å². The summed E-state index contributed by atoms with van der Waals surface area (Å²) < 4.78 is 0. The summed E-state index contributed by atoms with van der Waals surface area (Å²) in [5.41, 5.74) is 12.8. The van der Waals surface area contributed by atoms with Gasteiger partial charge in [0.1, 0.15) is 0 Å². The Balaban J connectivity index is 1.80. The second-order valence-electron chi connectivity index (χ2n) is 5.25. The van der Waals surface area contributed by atoms with Gasteiger partial charge < -0.3 is 27.2 Å². The normalized spacial score (nSPS) is 10.4. The Kier molecular flexibility index (Phi) is 5.75. The Hall–Kier alpha value is -3.06. The standard InChI is InChI=1S/C17H20N4O3/c18-14-7-3-1-5-12(14)16(23)20-9-11(22)10-21-17(24)13-6-2-4-8-15(13)19/h1-8,11,22H,9-10,18-19H2,(H,20,23)(H,21,24). The van der Waals surface area contributed by atoms with E-state index in [-0.39, 0.29) is 24.9 Å². The van der Waals surface area contributed by atoms with Crippen molar-refractivity contribution >= 4 is 23.2 Å². The van der Waals surface area contributed by atoms with E-state index in [0.29, 0.717) is 22.5 Å². The number of hydrogen-bond acceptors (Lipinski definition) is 5. The summed E-state index contributed by atoms with van der Waals surface area (Å²) in [7, 11) is 0. The van der Waals surface area contributed by atoms with Gasteiger partial charge in [0, 0.05) is 24.5 Å². The number of carbonyl (C=O) groups is 2. The van der Waals surface area contributed by atoms with Crippen molar-refractivity contribution in [1.82, 2.24) is 10.6 Å². The smallest absolute Gasteiger partial charge is 0.253 e. The van der Waals surface area contributed by atoms with Gasteiger partial charge in [0.15, 0.2) is 0 Å². The van der Waals surface area contributed by atoms with Crippen molar-refractivity contribution in [2.45, 2.75) is 6.10 Å². The van der Waals surface area contributed by atoms with Crippen LogP contribution in [0.3, 0.4) is 0 Å². The van der Waals surface area contributed by atoms with Crippen LogP contribution in [0.4, 0.5) is 11.4 Å². The van der Waals surface area contributed by atoms with Gasteiger partial charge in [-0.1, -0.05) is 24.3 Å². The van der Waals surface area contributed by atoms with E-state index in [0.717, 1.165) is 0 Å². The fourth-order valence-corrected chi connectivity index (χ4v) is 2.09. The van der Waals surface area contributed by atoms with Gasteiger partial charge in [-0.3, -0.25) is 9.59 Å². The van der Waals surface area contributed by atoms with Gasteiger partial charge in [-0.15, -0.1) is 0 Å². The van der Waals surface area contributed by atoms with Crippen LogP contribution < -0.4 is 22.1 Å². The van der Waals surface area contributed by atoms with Crippen LogP contribution in [0.1, 0.15) is 20.7 Å². The molecule has 0 saturated carbocycles. The molecule has 0 spiro atoms. The maximum Gasteiger partial charge on any atom is 0.253 e. The Morgan fingerprint density at radius 2 is 1.21 bits per heavy atom. The summed E-state index contributed by atoms with van der Waals surface area (Å²) in [5.74, 6) is -0.767. The molecule has 2 aromatic rings. The third kappa shape index (κ3) is 4.47. The molecular formula is C17H20N4O3. The van der Waals surface area contributed by atoms with E-state index in [2.05, 4.69) is 10.6 Å². The van der Waals surface area contributed by atoms with Crippen LogP contribution in [-0.2, 0) is 0 Å². The summed E-state index contributed by atoms with van der Waals surface area (Å²) in [6.45, 7) is -0.0323. The van der Waals surface area contributed by atoms with Crippen molar-refractivity contribution in [3.05, 3.63) is 59.7 Å². The van der Waals surface area contributed by atoms with Gasteiger partial charge in [-0.2, -0.15) is 0 Å². The highest BCUT2D eigenvalue weighted by molar-refractivity contribution is 5.99. The zero-order valence-corrected chi connectivity index (χ0v) is 13.0. The first-order chi connectivity index (χ1) is 11.5. The highest BCUT2D eigenvalue weighted by atomic mass is 16.3. The Bertz CT molecular complexity index is 672. The first kappa shape index (κ1) is 17.3. The second-order valence-corrected chi connectivity index (χ2v) is 5.25. The van der Waals surface area contributed by atoms with Gasteiger partial charge in [0.25, 0.3) is 11.8 Å². The molecule has 126 valence electrons. The Morgan fingerprint density at radius 3 is 1.58 bits per heavy atom. The molecule has 0 atom stereocenters. The SMILES string of the molecule is Nc1ccccc1C(=O)NCC(O)CNC(=O)c1ccccc1N. The lowest BCUT2D eigenvalue weighted by atomic mass is 10.1. The van der Waals surface area contributed by atoms with E-state index in [4.69, 9.17) is 11.5 Å². The predicted octanol–water partition coefficient (Wildman–Crippen LogP) is 0.372. The van der Waals surface area contributed by atoms with Crippen LogP contribution in [0, 0.1) is 0 Å². The molecule has 2 amide bonds. The van der Waals surface area contributed by atoms with E-state index in [9.17, 15) is 14.7 Å². The van der Waals surface area contributed by atoms with Gasteiger partial charge >= 0.3 is 0 Å². The molecule has 0 bridgehead atoms. The summed E-state index contributed by atoms with van der Waals surface area (Å²) in [5, 5.41) is 15.0. The number of hydrogen-bond donors (Lipinski definition) is 5. The van der Waals surface area contributed by atoms with Crippen LogP contribution in [-0.4, -0.2) is 36.1 Å². The van der Waals surface area contributed by atoms with Crippen molar-refractivity contribution in [3.8, 4) is 0 Å². The van der Waals surface area contributed by atoms with Crippen LogP contribution in [0.25, 0.3) is 0 Å². The average Bonchev–Trinajstić information content (AvgIpc) is 2.58. The third-order valence-electron chi connectivity index (χ3n) is 3.41. The van der Waals surface area contributed by atoms with Crippen LogP contribution >= 0.6 is 0 Å². The van der Waals surface area contributed by atoms with Crippen molar-refractivity contribution in [1.29, 1.82) is 0 Å². The lowest BCUT2D eigenvalue weighted by Gasteiger charge is -2.14. The molecule has 0 aliphatic rings. The monoisotopic (exact) mass is 328 g/mol. The highest BCUT2D eigenvalue weighted by Crippen LogP contribution is 2.10. The molecule has 0 saturated heterocycles. The van der Waals surface area contributed by atoms with Crippen molar-refractivity contribution < 1.29 is 14.7 Å². The minimum atomic E-state index is -0.937. The van der Waals surface area contributed by atoms with Gasteiger partial charge in [0.2, 0.25) is 0 Å². The molecule has 7 heteroatoms. The topological polar surface area (TPSA) is 130 Å². The Labute approximate surface area is 139 Å². The Morgan fingerprint density at radius 1 is 0.833 bits per heavy atom. The number of nitrogen functional groups attached to an aromatic ring is 2. The number of anilines is 2. The van der Waals surface area contributed by atoms with Crippen molar-refractivity contribution in [2.24, 2.45) is 0 Å². The molecule has 0 heterocycles. The third-order valence-corrected chi connectivity index (χ3v) is 3.41. The first-order valence-corrected chi connectivity index (χ1v) is 7.42. The molecule has 24 heavy (non-hydrogen) atoms. The second kappa shape index (κ2) is 7.98. The number of amides is 2. The highest BCUT2D eigenvalue weighted by Gasteiger charge is 2.13. The molecule has 0 aliphatic heterocycles. The zero-order valence-electron chi connectivity index (χ0n) is 13.0. The first-order valence-electron chi connectivity index (χ1n) is 7.42. The maximum atomic E-state index is 12.0. The minimum Gasteiger partial charge on any atom is -0.398 e. The minimum absolute atomic E-state index is 0.0162. The number of aliphatic hydroxyl groups is 1. The quantitative estimate of drug-likeness (QED) is 0.489. The molecular weight excluding hydrogens is 308 g/mol. The summed E-state index contributed by atoms with van der Waals surface area (Å²) in [6, 6.07) is 13.3. The zero-order chi connectivity index (χ0) is 17.5. The van der Waals surface area contributed by atoms with Gasteiger partial charge in [-0.05, 0) is 24.3 Å². The summed E-state index contributed by atoms with van der Waals surface area (Å²) in [6.07, 6.45) is -0.937. The van der Waals surface area contributed by atoms with E-state index >= 15 is 0 Å². The largest absolute Gasteiger partial charge is 0.398 e.